The molecule has 1 N–H and O–H groups in total. The van der Waals surface area contributed by atoms with Crippen LogP contribution in [0.3, 0.4) is 0 Å². The van der Waals surface area contributed by atoms with Gasteiger partial charge in [0, 0.05) is 7.05 Å². The van der Waals surface area contributed by atoms with E-state index < -0.39 is 0 Å². The number of hydrogen-bond donors (Lipinski definition) is 1. The van der Waals surface area contributed by atoms with Gasteiger partial charge in [0.25, 0.3) is 5.91 Å². The highest BCUT2D eigenvalue weighted by Crippen LogP contribution is 2.34. The summed E-state index contributed by atoms with van der Waals surface area (Å²) in [5, 5.41) is 10.0. The molecule has 1 aliphatic heterocycles. The van der Waals surface area contributed by atoms with Crippen molar-refractivity contribution in [2.24, 2.45) is 4.99 Å². The van der Waals surface area contributed by atoms with Crippen molar-refractivity contribution in [2.75, 3.05) is 7.05 Å². The summed E-state index contributed by atoms with van der Waals surface area (Å²) in [4.78, 5) is 19.3. The van der Waals surface area contributed by atoms with Gasteiger partial charge in [-0.1, -0.05) is 37.3 Å². The van der Waals surface area contributed by atoms with Crippen LogP contribution >= 0.6 is 11.8 Å². The molecule has 0 unspecified atom stereocenters. The second-order valence-corrected chi connectivity index (χ2v) is 6.45. The van der Waals surface area contributed by atoms with Gasteiger partial charge in [0.15, 0.2) is 5.17 Å². The number of phenols is 1. The molecular weight excluding hydrogens is 320 g/mol. The second kappa shape index (κ2) is 6.93. The van der Waals surface area contributed by atoms with Gasteiger partial charge >= 0.3 is 0 Å². The van der Waals surface area contributed by atoms with Gasteiger partial charge in [-0.05, 0) is 53.6 Å². The number of rotatable bonds is 3. The van der Waals surface area contributed by atoms with Crippen LogP contribution in [0.1, 0.15) is 18.1 Å². The van der Waals surface area contributed by atoms with Gasteiger partial charge in [0.05, 0.1) is 10.6 Å². The van der Waals surface area contributed by atoms with Crippen molar-refractivity contribution in [1.29, 1.82) is 0 Å². The average molecular weight is 338 g/mol. The Labute approximate surface area is 145 Å². The van der Waals surface area contributed by atoms with Crippen LogP contribution in [0.25, 0.3) is 6.08 Å². The number of amides is 1. The quantitative estimate of drug-likeness (QED) is 0.854. The number of benzene rings is 2. The van der Waals surface area contributed by atoms with E-state index in [-0.39, 0.29) is 11.7 Å². The molecule has 1 fully saturated rings. The molecule has 122 valence electrons. The number of nitrogens with zero attached hydrogens (tertiary/aromatic N) is 2. The zero-order valence-electron chi connectivity index (χ0n) is 13.6. The molecule has 3 rings (SSSR count). The van der Waals surface area contributed by atoms with Crippen molar-refractivity contribution in [3.8, 4) is 5.75 Å². The largest absolute Gasteiger partial charge is 0.508 e. The van der Waals surface area contributed by atoms with E-state index in [2.05, 4.69) is 11.9 Å². The van der Waals surface area contributed by atoms with Crippen LogP contribution in [0.15, 0.2) is 58.4 Å². The van der Waals surface area contributed by atoms with E-state index in [0.717, 1.165) is 23.2 Å². The maximum atomic E-state index is 12.4. The lowest BCUT2D eigenvalue weighted by Gasteiger charge is -2.08. The number of carbonyl (C=O) groups is 1. The maximum absolute atomic E-state index is 12.4. The second-order valence-electron chi connectivity index (χ2n) is 5.44. The summed E-state index contributed by atoms with van der Waals surface area (Å²) in [7, 11) is 1.74. The number of aromatic hydroxyl groups is 1. The van der Waals surface area contributed by atoms with E-state index >= 15 is 0 Å². The van der Waals surface area contributed by atoms with E-state index in [1.54, 1.807) is 36.2 Å². The first-order chi connectivity index (χ1) is 11.6. The summed E-state index contributed by atoms with van der Waals surface area (Å²) in [6, 6.07) is 14.7. The van der Waals surface area contributed by atoms with Gasteiger partial charge in [-0.2, -0.15) is 0 Å². The molecule has 4 nitrogen and oxygen atoms in total. The summed E-state index contributed by atoms with van der Waals surface area (Å²) < 4.78 is 0. The molecule has 0 aliphatic carbocycles. The van der Waals surface area contributed by atoms with E-state index in [1.807, 2.05) is 30.3 Å². The average Bonchev–Trinajstić information content (AvgIpc) is 2.85. The molecule has 2 aromatic carbocycles. The van der Waals surface area contributed by atoms with Crippen LogP contribution in [0.5, 0.6) is 5.75 Å². The summed E-state index contributed by atoms with van der Waals surface area (Å²) in [6.07, 6.45) is 2.71. The Kier molecular flexibility index (Phi) is 4.71. The molecule has 0 radical (unpaired) electrons. The molecule has 0 saturated carbocycles. The standard InChI is InChI=1S/C19H18N2O2S/c1-3-14-6-4-5-7-16(14)20-19-21(2)18(23)17(24-19)12-13-8-10-15(22)11-9-13/h4-12,22H,3H2,1-2H3/b17-12-,20-19?. The first-order valence-corrected chi connectivity index (χ1v) is 8.53. The number of para-hydroxylation sites is 1. The first-order valence-electron chi connectivity index (χ1n) is 7.71. The summed E-state index contributed by atoms with van der Waals surface area (Å²) in [5.74, 6) is 0.138. The van der Waals surface area contributed by atoms with Gasteiger partial charge in [-0.15, -0.1) is 0 Å². The highest BCUT2D eigenvalue weighted by molar-refractivity contribution is 8.18. The molecule has 1 saturated heterocycles. The molecule has 5 heteroatoms. The molecule has 2 aromatic rings. The maximum Gasteiger partial charge on any atom is 0.266 e. The normalized spacial score (nSPS) is 17.9. The van der Waals surface area contributed by atoms with Crippen LogP contribution < -0.4 is 0 Å². The fourth-order valence-electron chi connectivity index (χ4n) is 2.40. The molecule has 0 atom stereocenters. The van der Waals surface area contributed by atoms with Gasteiger partial charge in [-0.25, -0.2) is 4.99 Å². The van der Waals surface area contributed by atoms with Crippen LogP contribution in [-0.2, 0) is 11.2 Å². The molecule has 0 aromatic heterocycles. The summed E-state index contributed by atoms with van der Waals surface area (Å²) in [5.41, 5.74) is 2.92. The summed E-state index contributed by atoms with van der Waals surface area (Å²) in [6.45, 7) is 2.09. The highest BCUT2D eigenvalue weighted by Gasteiger charge is 2.30. The lowest BCUT2D eigenvalue weighted by molar-refractivity contribution is -0.121. The third kappa shape index (κ3) is 3.36. The Morgan fingerprint density at radius 2 is 1.88 bits per heavy atom. The smallest absolute Gasteiger partial charge is 0.266 e. The Bertz CT molecular complexity index is 826. The molecular formula is C19H18N2O2S. The number of hydrogen-bond acceptors (Lipinski definition) is 4. The number of aliphatic imine (C=N–C) groups is 1. The van der Waals surface area contributed by atoms with Crippen molar-refractivity contribution < 1.29 is 9.90 Å². The van der Waals surface area contributed by atoms with E-state index in [1.165, 1.54) is 11.8 Å². The number of carbonyl (C=O) groups excluding carboxylic acids is 1. The molecule has 1 heterocycles. The molecule has 1 amide bonds. The lowest BCUT2D eigenvalue weighted by Crippen LogP contribution is -2.23. The Balaban J connectivity index is 1.91. The first kappa shape index (κ1) is 16.3. The van der Waals surface area contributed by atoms with Crippen LogP contribution in [0.2, 0.25) is 0 Å². The minimum Gasteiger partial charge on any atom is -0.508 e. The Hall–Kier alpha value is -2.53. The number of thioether (sulfide) groups is 1. The molecule has 0 spiro atoms. The van der Waals surface area contributed by atoms with Crippen molar-refractivity contribution >= 4 is 34.6 Å². The SMILES string of the molecule is CCc1ccccc1N=C1S/C(=C\c2ccc(O)cc2)C(=O)N1C. The van der Waals surface area contributed by atoms with Gasteiger partial charge in [0.1, 0.15) is 5.75 Å². The van der Waals surface area contributed by atoms with Crippen molar-refractivity contribution in [3.05, 3.63) is 64.6 Å². The fourth-order valence-corrected chi connectivity index (χ4v) is 3.38. The van der Waals surface area contributed by atoms with Crippen molar-refractivity contribution in [2.45, 2.75) is 13.3 Å². The van der Waals surface area contributed by atoms with Gasteiger partial charge in [-0.3, -0.25) is 9.69 Å². The van der Waals surface area contributed by atoms with Crippen molar-refractivity contribution in [1.82, 2.24) is 4.90 Å². The van der Waals surface area contributed by atoms with Crippen LogP contribution in [0.4, 0.5) is 5.69 Å². The minimum atomic E-state index is -0.0687. The third-order valence-corrected chi connectivity index (χ3v) is 4.84. The van der Waals surface area contributed by atoms with E-state index in [4.69, 9.17) is 0 Å². The van der Waals surface area contributed by atoms with Crippen molar-refractivity contribution in [3.63, 3.8) is 0 Å². The third-order valence-electron chi connectivity index (χ3n) is 3.78. The zero-order valence-corrected chi connectivity index (χ0v) is 14.4. The number of amidine groups is 1. The van der Waals surface area contributed by atoms with Crippen LogP contribution in [0, 0.1) is 0 Å². The topological polar surface area (TPSA) is 52.9 Å². The number of aryl methyl sites for hydroxylation is 1. The number of phenolic OH excluding ortho intramolecular Hbond substituents is 1. The Morgan fingerprint density at radius 1 is 1.17 bits per heavy atom. The monoisotopic (exact) mass is 338 g/mol. The van der Waals surface area contributed by atoms with E-state index in [9.17, 15) is 9.90 Å². The predicted octanol–water partition coefficient (Wildman–Crippen LogP) is 4.19. The van der Waals surface area contributed by atoms with E-state index in [0.29, 0.717) is 10.1 Å². The predicted molar refractivity (Wildman–Crippen MR) is 99.4 cm³/mol. The molecule has 0 bridgehead atoms. The lowest BCUT2D eigenvalue weighted by atomic mass is 10.1. The van der Waals surface area contributed by atoms with Crippen LogP contribution in [-0.4, -0.2) is 28.1 Å². The minimum absolute atomic E-state index is 0.0687. The Morgan fingerprint density at radius 3 is 2.58 bits per heavy atom. The highest BCUT2D eigenvalue weighted by atomic mass is 32.2. The molecule has 1 aliphatic rings. The summed E-state index contributed by atoms with van der Waals surface area (Å²) >= 11 is 1.36. The van der Waals surface area contributed by atoms with Gasteiger partial charge < -0.3 is 5.11 Å². The zero-order chi connectivity index (χ0) is 17.1. The fraction of sp³-hybridized carbons (Fsp3) is 0.158. The molecule has 24 heavy (non-hydrogen) atoms. The number of likely N-dealkylation sites (N-methyl/N-ethyl adjacent to an activating group) is 1. The van der Waals surface area contributed by atoms with Gasteiger partial charge in [0.2, 0.25) is 0 Å².